The van der Waals surface area contributed by atoms with Gasteiger partial charge in [-0.25, -0.2) is 4.98 Å². The standard InChI is InChI=1S/C21H25N3O3/c1-14(2)10-11-27-18-9-8-15(12-19(18)26-3)21(25)22-13-20-23-16-6-4-5-7-17(16)24-20/h4-9,12,14H,10-11,13H2,1-3H3,(H,22,25)(H,23,24). The number of hydrogen-bond donors (Lipinski definition) is 2. The lowest BCUT2D eigenvalue weighted by atomic mass is 10.1. The highest BCUT2D eigenvalue weighted by Gasteiger charge is 2.12. The van der Waals surface area contributed by atoms with Gasteiger partial charge in [0.2, 0.25) is 0 Å². The molecule has 1 heterocycles. The maximum Gasteiger partial charge on any atom is 0.251 e. The second-order valence-corrected chi connectivity index (χ2v) is 6.78. The number of rotatable bonds is 8. The molecule has 2 aromatic carbocycles. The third kappa shape index (κ3) is 4.78. The molecule has 0 aliphatic carbocycles. The highest BCUT2D eigenvalue weighted by Crippen LogP contribution is 2.28. The van der Waals surface area contributed by atoms with Crippen molar-refractivity contribution in [3.8, 4) is 11.5 Å². The normalized spacial score (nSPS) is 11.0. The molecule has 27 heavy (non-hydrogen) atoms. The van der Waals surface area contributed by atoms with E-state index in [4.69, 9.17) is 9.47 Å². The Balaban J connectivity index is 1.63. The van der Waals surface area contributed by atoms with Crippen molar-refractivity contribution in [2.75, 3.05) is 13.7 Å². The minimum Gasteiger partial charge on any atom is -0.493 e. The molecule has 1 amide bonds. The number of nitrogens with zero attached hydrogens (tertiary/aromatic N) is 1. The van der Waals surface area contributed by atoms with Crippen LogP contribution in [0.1, 0.15) is 36.5 Å². The number of H-pyrrole nitrogens is 1. The lowest BCUT2D eigenvalue weighted by Gasteiger charge is -2.13. The maximum atomic E-state index is 12.5. The van der Waals surface area contributed by atoms with Crippen LogP contribution in [0.3, 0.4) is 0 Å². The first-order chi connectivity index (χ1) is 13.1. The summed E-state index contributed by atoms with van der Waals surface area (Å²) in [6.45, 7) is 5.24. The van der Waals surface area contributed by atoms with E-state index in [0.29, 0.717) is 42.0 Å². The molecule has 1 aromatic heterocycles. The van der Waals surface area contributed by atoms with Gasteiger partial charge in [0, 0.05) is 5.56 Å². The van der Waals surface area contributed by atoms with E-state index in [1.807, 2.05) is 24.3 Å². The first-order valence-electron chi connectivity index (χ1n) is 9.09. The molecule has 0 atom stereocenters. The number of imidazole rings is 1. The van der Waals surface area contributed by atoms with E-state index in [9.17, 15) is 4.79 Å². The Bertz CT molecular complexity index is 885. The molecule has 0 fully saturated rings. The topological polar surface area (TPSA) is 76.2 Å². The number of ether oxygens (including phenoxy) is 2. The van der Waals surface area contributed by atoms with Crippen molar-refractivity contribution in [3.05, 3.63) is 53.9 Å². The minimum atomic E-state index is -0.192. The van der Waals surface area contributed by atoms with Crippen LogP contribution >= 0.6 is 0 Å². The van der Waals surface area contributed by atoms with E-state index < -0.39 is 0 Å². The number of benzene rings is 2. The van der Waals surface area contributed by atoms with Crippen LogP contribution in [0, 0.1) is 5.92 Å². The zero-order valence-corrected chi connectivity index (χ0v) is 15.9. The lowest BCUT2D eigenvalue weighted by Crippen LogP contribution is -2.23. The van der Waals surface area contributed by atoms with Gasteiger partial charge < -0.3 is 19.8 Å². The first-order valence-corrected chi connectivity index (χ1v) is 9.09. The zero-order chi connectivity index (χ0) is 19.2. The monoisotopic (exact) mass is 367 g/mol. The average molecular weight is 367 g/mol. The number of aromatic amines is 1. The van der Waals surface area contributed by atoms with Gasteiger partial charge in [0.25, 0.3) is 5.91 Å². The van der Waals surface area contributed by atoms with Gasteiger partial charge >= 0.3 is 0 Å². The highest BCUT2D eigenvalue weighted by molar-refractivity contribution is 5.94. The maximum absolute atomic E-state index is 12.5. The van der Waals surface area contributed by atoms with E-state index >= 15 is 0 Å². The number of carbonyl (C=O) groups is 1. The summed E-state index contributed by atoms with van der Waals surface area (Å²) in [6, 6.07) is 13.0. The van der Waals surface area contributed by atoms with Gasteiger partial charge in [0.1, 0.15) is 5.82 Å². The van der Waals surface area contributed by atoms with Crippen molar-refractivity contribution in [2.24, 2.45) is 5.92 Å². The Morgan fingerprint density at radius 2 is 2.00 bits per heavy atom. The van der Waals surface area contributed by atoms with Gasteiger partial charge in [-0.3, -0.25) is 4.79 Å². The van der Waals surface area contributed by atoms with Crippen LogP contribution in [0.15, 0.2) is 42.5 Å². The Morgan fingerprint density at radius 1 is 1.19 bits per heavy atom. The van der Waals surface area contributed by atoms with Gasteiger partial charge in [-0.1, -0.05) is 26.0 Å². The lowest BCUT2D eigenvalue weighted by molar-refractivity contribution is 0.0949. The summed E-state index contributed by atoms with van der Waals surface area (Å²) in [5.74, 6) is 2.29. The van der Waals surface area contributed by atoms with Crippen molar-refractivity contribution in [3.63, 3.8) is 0 Å². The number of hydrogen-bond acceptors (Lipinski definition) is 4. The number of carbonyl (C=O) groups excluding carboxylic acids is 1. The molecule has 0 aliphatic heterocycles. The number of aromatic nitrogens is 2. The first kappa shape index (κ1) is 18.8. The largest absolute Gasteiger partial charge is 0.493 e. The molecule has 0 spiro atoms. The van der Waals surface area contributed by atoms with E-state index in [0.717, 1.165) is 17.5 Å². The van der Waals surface area contributed by atoms with Gasteiger partial charge in [0.15, 0.2) is 11.5 Å². The molecular formula is C21H25N3O3. The van der Waals surface area contributed by atoms with Crippen LogP contribution in [-0.2, 0) is 6.54 Å². The summed E-state index contributed by atoms with van der Waals surface area (Å²) in [7, 11) is 1.57. The van der Waals surface area contributed by atoms with E-state index in [-0.39, 0.29) is 5.91 Å². The summed E-state index contributed by atoms with van der Waals surface area (Å²) >= 11 is 0. The minimum absolute atomic E-state index is 0.192. The van der Waals surface area contributed by atoms with Crippen molar-refractivity contribution in [1.29, 1.82) is 0 Å². The molecular weight excluding hydrogens is 342 g/mol. The van der Waals surface area contributed by atoms with Crippen LogP contribution in [0.4, 0.5) is 0 Å². The van der Waals surface area contributed by atoms with Crippen LogP contribution in [0.5, 0.6) is 11.5 Å². The molecule has 6 heteroatoms. The Labute approximate surface area is 158 Å². The second-order valence-electron chi connectivity index (χ2n) is 6.78. The summed E-state index contributed by atoms with van der Waals surface area (Å²) < 4.78 is 11.1. The fourth-order valence-electron chi connectivity index (χ4n) is 2.69. The predicted molar refractivity (Wildman–Crippen MR) is 105 cm³/mol. The Kier molecular flexibility index (Phi) is 5.96. The van der Waals surface area contributed by atoms with Crippen LogP contribution in [0.25, 0.3) is 11.0 Å². The number of amides is 1. The fraction of sp³-hybridized carbons (Fsp3) is 0.333. The Morgan fingerprint density at radius 3 is 2.74 bits per heavy atom. The van der Waals surface area contributed by atoms with Crippen molar-refractivity contribution >= 4 is 16.9 Å². The predicted octanol–water partition coefficient (Wildman–Crippen LogP) is 3.93. The number of nitrogens with one attached hydrogen (secondary N) is 2. The summed E-state index contributed by atoms with van der Waals surface area (Å²) in [5.41, 5.74) is 2.34. The third-order valence-electron chi connectivity index (χ3n) is 4.23. The Hall–Kier alpha value is -3.02. The molecule has 3 aromatic rings. The summed E-state index contributed by atoms with van der Waals surface area (Å²) in [4.78, 5) is 20.1. The second kappa shape index (κ2) is 8.58. The van der Waals surface area contributed by atoms with Crippen LogP contribution in [0.2, 0.25) is 0 Å². The molecule has 142 valence electrons. The van der Waals surface area contributed by atoms with E-state index in [1.165, 1.54) is 0 Å². The molecule has 6 nitrogen and oxygen atoms in total. The summed E-state index contributed by atoms with van der Waals surface area (Å²) in [5, 5.41) is 2.88. The molecule has 0 unspecified atom stereocenters. The van der Waals surface area contributed by atoms with Gasteiger partial charge in [-0.2, -0.15) is 0 Å². The highest BCUT2D eigenvalue weighted by atomic mass is 16.5. The van der Waals surface area contributed by atoms with Crippen LogP contribution < -0.4 is 14.8 Å². The van der Waals surface area contributed by atoms with E-state index in [2.05, 4.69) is 29.1 Å². The number of para-hydroxylation sites is 2. The molecule has 3 rings (SSSR count). The van der Waals surface area contributed by atoms with Crippen molar-refractivity contribution in [2.45, 2.75) is 26.8 Å². The molecule has 0 aliphatic rings. The van der Waals surface area contributed by atoms with Crippen molar-refractivity contribution in [1.82, 2.24) is 15.3 Å². The molecule has 0 saturated carbocycles. The smallest absolute Gasteiger partial charge is 0.251 e. The molecule has 2 N–H and O–H groups in total. The quantitative estimate of drug-likeness (QED) is 0.632. The third-order valence-corrected chi connectivity index (χ3v) is 4.23. The molecule has 0 radical (unpaired) electrons. The average Bonchev–Trinajstić information content (AvgIpc) is 3.09. The SMILES string of the molecule is COc1cc(C(=O)NCc2nc3ccccc3[nH]2)ccc1OCCC(C)C. The fourth-order valence-corrected chi connectivity index (χ4v) is 2.69. The zero-order valence-electron chi connectivity index (χ0n) is 15.9. The van der Waals surface area contributed by atoms with Gasteiger partial charge in [-0.05, 0) is 42.7 Å². The molecule has 0 saturated heterocycles. The molecule has 0 bridgehead atoms. The van der Waals surface area contributed by atoms with Gasteiger partial charge in [-0.15, -0.1) is 0 Å². The van der Waals surface area contributed by atoms with Crippen molar-refractivity contribution < 1.29 is 14.3 Å². The number of methoxy groups -OCH3 is 1. The van der Waals surface area contributed by atoms with Crippen LogP contribution in [-0.4, -0.2) is 29.6 Å². The van der Waals surface area contributed by atoms with Gasteiger partial charge in [0.05, 0.1) is 31.3 Å². The number of fused-ring (bicyclic) bond motifs is 1. The summed E-state index contributed by atoms with van der Waals surface area (Å²) in [6.07, 6.45) is 0.961. The van der Waals surface area contributed by atoms with E-state index in [1.54, 1.807) is 25.3 Å².